The van der Waals surface area contributed by atoms with Crippen LogP contribution in [0.4, 0.5) is 5.69 Å². The molecule has 1 saturated heterocycles. The number of nitrogens with two attached hydrogens (primary N) is 1. The first kappa shape index (κ1) is 14.6. The van der Waals surface area contributed by atoms with Gasteiger partial charge in [-0.3, -0.25) is 0 Å². The molecule has 1 unspecified atom stereocenters. The van der Waals surface area contributed by atoms with Gasteiger partial charge in [-0.15, -0.1) is 0 Å². The highest BCUT2D eigenvalue weighted by atomic mass is 32.2. The lowest BCUT2D eigenvalue weighted by molar-refractivity contribution is 0.302. The Morgan fingerprint density at radius 1 is 1.33 bits per heavy atom. The number of rotatable bonds is 2. The Bertz CT molecular complexity index is 680. The minimum absolute atomic E-state index is 0.326. The first-order chi connectivity index (χ1) is 9.93. The van der Waals surface area contributed by atoms with Crippen LogP contribution in [0.2, 0.25) is 0 Å². The Hall–Kier alpha value is -1.33. The molecule has 114 valence electrons. The summed E-state index contributed by atoms with van der Waals surface area (Å²) in [7, 11) is -3.07. The zero-order chi connectivity index (χ0) is 15.0. The highest BCUT2D eigenvalue weighted by Crippen LogP contribution is 2.35. The van der Waals surface area contributed by atoms with Crippen LogP contribution in [0.5, 0.6) is 0 Å². The van der Waals surface area contributed by atoms with Gasteiger partial charge in [-0.05, 0) is 60.4 Å². The van der Waals surface area contributed by atoms with E-state index in [1.165, 1.54) is 23.0 Å². The van der Waals surface area contributed by atoms with E-state index in [2.05, 4.69) is 18.2 Å². The van der Waals surface area contributed by atoms with Gasteiger partial charge in [0.1, 0.15) is 0 Å². The number of hydrogen-bond donors (Lipinski definition) is 1. The van der Waals surface area contributed by atoms with E-state index in [0.717, 1.165) is 31.4 Å². The first-order valence-corrected chi connectivity index (χ1v) is 9.33. The van der Waals surface area contributed by atoms with Crippen molar-refractivity contribution in [2.45, 2.75) is 25.7 Å². The topological polar surface area (TPSA) is 63.4 Å². The molecule has 0 saturated carbocycles. The van der Waals surface area contributed by atoms with Gasteiger partial charge in [0, 0.05) is 18.8 Å². The first-order valence-electron chi connectivity index (χ1n) is 7.48. The quantitative estimate of drug-likeness (QED) is 0.853. The number of fused-ring (bicyclic) bond motifs is 1. The third kappa shape index (κ3) is 3.14. The van der Waals surface area contributed by atoms with Crippen molar-refractivity contribution in [3.05, 3.63) is 35.4 Å². The molecule has 1 aliphatic heterocycles. The molecule has 1 aromatic carbocycles. The van der Waals surface area contributed by atoms with Crippen LogP contribution in [0.3, 0.4) is 0 Å². The number of allylic oxidation sites excluding steroid dienone is 1. The van der Waals surface area contributed by atoms with Crippen molar-refractivity contribution < 1.29 is 8.42 Å². The summed E-state index contributed by atoms with van der Waals surface area (Å²) in [5.41, 5.74) is 10.6. The highest BCUT2D eigenvalue weighted by molar-refractivity contribution is 7.88. The molecule has 1 heterocycles. The maximum absolute atomic E-state index is 11.7. The molecule has 3 rings (SSSR count). The van der Waals surface area contributed by atoms with Gasteiger partial charge < -0.3 is 5.73 Å². The van der Waals surface area contributed by atoms with E-state index in [9.17, 15) is 8.42 Å². The lowest BCUT2D eigenvalue weighted by atomic mass is 9.95. The molecule has 1 atom stereocenters. The molecular formula is C16H22N2O2S. The molecular weight excluding hydrogens is 284 g/mol. The van der Waals surface area contributed by atoms with Crippen molar-refractivity contribution in [2.24, 2.45) is 5.92 Å². The van der Waals surface area contributed by atoms with Gasteiger partial charge in [0.2, 0.25) is 10.0 Å². The fourth-order valence-corrected chi connectivity index (χ4v) is 4.33. The van der Waals surface area contributed by atoms with Crippen LogP contribution < -0.4 is 5.73 Å². The van der Waals surface area contributed by atoms with Crippen molar-refractivity contribution in [3.63, 3.8) is 0 Å². The molecule has 0 amide bonds. The largest absolute Gasteiger partial charge is 0.399 e. The second-order valence-electron chi connectivity index (χ2n) is 6.13. The van der Waals surface area contributed by atoms with E-state index in [-0.39, 0.29) is 0 Å². The van der Waals surface area contributed by atoms with E-state index in [0.29, 0.717) is 19.0 Å². The van der Waals surface area contributed by atoms with Gasteiger partial charge in [-0.1, -0.05) is 12.1 Å². The van der Waals surface area contributed by atoms with Crippen molar-refractivity contribution in [2.75, 3.05) is 25.1 Å². The molecule has 0 aromatic heterocycles. The van der Waals surface area contributed by atoms with Crippen LogP contribution in [-0.2, 0) is 16.4 Å². The molecule has 5 heteroatoms. The summed E-state index contributed by atoms with van der Waals surface area (Å²) in [5.74, 6) is 0.326. The molecule has 1 fully saturated rings. The van der Waals surface area contributed by atoms with E-state index < -0.39 is 10.0 Å². The average molecular weight is 306 g/mol. The third-order valence-corrected chi connectivity index (χ3v) is 5.74. The summed E-state index contributed by atoms with van der Waals surface area (Å²) >= 11 is 0. The molecule has 4 nitrogen and oxygen atoms in total. The zero-order valence-corrected chi connectivity index (χ0v) is 13.2. The third-order valence-electron chi connectivity index (χ3n) is 4.47. The van der Waals surface area contributed by atoms with Gasteiger partial charge in [0.15, 0.2) is 0 Å². The SMILES string of the molecule is CS(=O)(=O)N1CCCC(C=C2CCc3cc(N)ccc32)C1. The van der Waals surface area contributed by atoms with Gasteiger partial charge in [-0.25, -0.2) is 12.7 Å². The monoisotopic (exact) mass is 306 g/mol. The Morgan fingerprint density at radius 2 is 2.14 bits per heavy atom. The summed E-state index contributed by atoms with van der Waals surface area (Å²) in [6, 6.07) is 6.10. The number of aryl methyl sites for hydroxylation is 1. The van der Waals surface area contributed by atoms with E-state index in [4.69, 9.17) is 5.73 Å². The number of sulfonamides is 1. The van der Waals surface area contributed by atoms with Crippen molar-refractivity contribution in [3.8, 4) is 0 Å². The van der Waals surface area contributed by atoms with E-state index in [1.54, 1.807) is 4.31 Å². The Kier molecular flexibility index (Phi) is 3.80. The molecule has 21 heavy (non-hydrogen) atoms. The number of anilines is 1. The minimum Gasteiger partial charge on any atom is -0.399 e. The van der Waals surface area contributed by atoms with Crippen LogP contribution in [-0.4, -0.2) is 32.1 Å². The molecule has 2 aliphatic rings. The molecule has 0 radical (unpaired) electrons. The lowest BCUT2D eigenvalue weighted by Gasteiger charge is -2.29. The maximum Gasteiger partial charge on any atom is 0.211 e. The number of benzene rings is 1. The summed E-state index contributed by atoms with van der Waals surface area (Å²) in [6.45, 7) is 1.28. The Morgan fingerprint density at radius 3 is 2.90 bits per heavy atom. The predicted molar refractivity (Wildman–Crippen MR) is 86.3 cm³/mol. The number of hydrogen-bond acceptors (Lipinski definition) is 3. The predicted octanol–water partition coefficient (Wildman–Crippen LogP) is 2.27. The van der Waals surface area contributed by atoms with Gasteiger partial charge in [0.25, 0.3) is 0 Å². The van der Waals surface area contributed by atoms with Crippen molar-refractivity contribution in [1.29, 1.82) is 0 Å². The van der Waals surface area contributed by atoms with Crippen molar-refractivity contribution >= 4 is 21.3 Å². The average Bonchev–Trinajstić information content (AvgIpc) is 2.80. The van der Waals surface area contributed by atoms with Crippen LogP contribution in [0.25, 0.3) is 5.57 Å². The van der Waals surface area contributed by atoms with Crippen LogP contribution in [0.15, 0.2) is 24.3 Å². The second-order valence-corrected chi connectivity index (χ2v) is 8.11. The lowest BCUT2D eigenvalue weighted by Crippen LogP contribution is -2.38. The van der Waals surface area contributed by atoms with Gasteiger partial charge >= 0.3 is 0 Å². The zero-order valence-electron chi connectivity index (χ0n) is 12.4. The second kappa shape index (κ2) is 5.46. The van der Waals surface area contributed by atoms with Gasteiger partial charge in [0.05, 0.1) is 6.26 Å². The molecule has 2 N–H and O–H groups in total. The van der Waals surface area contributed by atoms with Crippen LogP contribution in [0, 0.1) is 5.92 Å². The summed E-state index contributed by atoms with van der Waals surface area (Å²) in [4.78, 5) is 0. The summed E-state index contributed by atoms with van der Waals surface area (Å²) in [5, 5.41) is 0. The molecule has 1 aromatic rings. The van der Waals surface area contributed by atoms with E-state index >= 15 is 0 Å². The van der Waals surface area contributed by atoms with E-state index in [1.807, 2.05) is 6.07 Å². The van der Waals surface area contributed by atoms with Gasteiger partial charge in [-0.2, -0.15) is 0 Å². The smallest absolute Gasteiger partial charge is 0.211 e. The summed E-state index contributed by atoms with van der Waals surface area (Å²) in [6.07, 6.45) is 7.67. The van der Waals surface area contributed by atoms with Crippen LogP contribution >= 0.6 is 0 Å². The number of piperidine rings is 1. The fourth-order valence-electron chi connectivity index (χ4n) is 3.41. The standard InChI is InChI=1S/C16H22N2O2S/c1-21(19,20)18-8-2-3-12(11-18)9-13-4-5-14-10-15(17)6-7-16(13)14/h6-7,9-10,12H,2-5,8,11,17H2,1H3. The highest BCUT2D eigenvalue weighted by Gasteiger charge is 2.26. The van der Waals surface area contributed by atoms with Crippen LogP contribution in [0.1, 0.15) is 30.4 Å². The van der Waals surface area contributed by atoms with Crippen molar-refractivity contribution in [1.82, 2.24) is 4.31 Å². The molecule has 0 spiro atoms. The Labute approximate surface area is 126 Å². The normalized spacial score (nSPS) is 25.2. The maximum atomic E-state index is 11.7. The molecule has 0 bridgehead atoms. The molecule has 1 aliphatic carbocycles. The summed E-state index contributed by atoms with van der Waals surface area (Å²) < 4.78 is 25.0. The minimum atomic E-state index is -3.07. The number of nitrogen functional groups attached to an aromatic ring is 1. The fraction of sp³-hybridized carbons (Fsp3) is 0.500. The Balaban J connectivity index is 1.81. The number of nitrogens with zero attached hydrogens (tertiary/aromatic N) is 1.